The Morgan fingerprint density at radius 3 is 2.45 bits per heavy atom. The van der Waals surface area contributed by atoms with Crippen LogP contribution in [-0.4, -0.2) is 18.0 Å². The molecule has 0 bridgehead atoms. The van der Waals surface area contributed by atoms with Gasteiger partial charge in [-0.05, 0) is 12.8 Å². The summed E-state index contributed by atoms with van der Waals surface area (Å²) in [7, 11) is 0. The molecular formula is C5H8N2O4. The molecule has 6 heteroatoms. The summed E-state index contributed by atoms with van der Waals surface area (Å²) in [6.07, 6.45) is 1.53. The monoisotopic (exact) mass is 160 g/mol. The molecule has 1 aliphatic rings. The Morgan fingerprint density at radius 2 is 2.00 bits per heavy atom. The first-order valence-corrected chi connectivity index (χ1v) is 3.11. The zero-order chi connectivity index (χ0) is 8.27. The van der Waals surface area contributed by atoms with Gasteiger partial charge in [0, 0.05) is 0 Å². The van der Waals surface area contributed by atoms with Crippen molar-refractivity contribution in [1.82, 2.24) is 5.59 Å². The number of carbonyl (C=O) groups is 2. The Bertz CT molecular complexity index is 177. The summed E-state index contributed by atoms with van der Waals surface area (Å²) >= 11 is 0. The van der Waals surface area contributed by atoms with Crippen molar-refractivity contribution >= 4 is 11.9 Å². The van der Waals surface area contributed by atoms with Crippen LogP contribution < -0.4 is 11.4 Å². The van der Waals surface area contributed by atoms with Crippen LogP contribution in [0.1, 0.15) is 12.8 Å². The molecule has 0 aromatic rings. The molecule has 0 aromatic carbocycles. The van der Waals surface area contributed by atoms with Crippen molar-refractivity contribution in [3.05, 3.63) is 0 Å². The second kappa shape index (κ2) is 3.31. The molecule has 62 valence electrons. The van der Waals surface area contributed by atoms with E-state index in [1.165, 1.54) is 0 Å². The maximum Gasteiger partial charge on any atom is 0.437 e. The third-order valence-corrected chi connectivity index (χ3v) is 1.12. The molecule has 0 amide bonds. The highest BCUT2D eigenvalue weighted by Crippen LogP contribution is 2.23. The molecule has 0 spiro atoms. The summed E-state index contributed by atoms with van der Waals surface area (Å²) in [5, 5.41) is 0. The Morgan fingerprint density at radius 1 is 1.36 bits per heavy atom. The zero-order valence-electron chi connectivity index (χ0n) is 5.70. The third-order valence-electron chi connectivity index (χ3n) is 1.12. The van der Waals surface area contributed by atoms with Gasteiger partial charge in [-0.1, -0.05) is 5.59 Å². The standard InChI is InChI=1S/C5H8N2O4/c6-7-11-5(9)4(8)10-3-1-2-3/h3,7H,1-2,6H2. The number of hydrogen-bond donors (Lipinski definition) is 2. The Labute approximate surface area is 62.6 Å². The van der Waals surface area contributed by atoms with Gasteiger partial charge in [-0.2, -0.15) is 0 Å². The smallest absolute Gasteiger partial charge is 0.437 e. The van der Waals surface area contributed by atoms with Crippen molar-refractivity contribution < 1.29 is 19.2 Å². The van der Waals surface area contributed by atoms with Crippen LogP contribution in [0.25, 0.3) is 0 Å². The topological polar surface area (TPSA) is 90.6 Å². The van der Waals surface area contributed by atoms with Gasteiger partial charge in [-0.15, -0.1) is 0 Å². The zero-order valence-corrected chi connectivity index (χ0v) is 5.70. The summed E-state index contributed by atoms with van der Waals surface area (Å²) in [4.78, 5) is 25.0. The van der Waals surface area contributed by atoms with Gasteiger partial charge in [-0.25, -0.2) is 15.4 Å². The predicted octanol–water partition coefficient (Wildman–Crippen LogP) is -1.39. The predicted molar refractivity (Wildman–Crippen MR) is 32.5 cm³/mol. The molecule has 6 nitrogen and oxygen atoms in total. The molecule has 0 radical (unpaired) electrons. The molecule has 0 unspecified atom stereocenters. The van der Waals surface area contributed by atoms with E-state index in [1.807, 2.05) is 0 Å². The number of rotatable bonds is 2. The van der Waals surface area contributed by atoms with Crippen LogP contribution in [-0.2, 0) is 19.2 Å². The number of ether oxygens (including phenoxy) is 1. The Hall–Kier alpha value is -1.14. The van der Waals surface area contributed by atoms with E-state index in [4.69, 9.17) is 0 Å². The second-order valence-corrected chi connectivity index (χ2v) is 2.11. The molecular weight excluding hydrogens is 152 g/mol. The van der Waals surface area contributed by atoms with Crippen molar-refractivity contribution in [2.24, 2.45) is 5.84 Å². The molecule has 1 rings (SSSR count). The van der Waals surface area contributed by atoms with Crippen LogP contribution in [0.3, 0.4) is 0 Å². The number of nitrogens with one attached hydrogen (secondary N) is 1. The molecule has 0 heterocycles. The Kier molecular flexibility index (Phi) is 2.40. The fourth-order valence-electron chi connectivity index (χ4n) is 0.481. The van der Waals surface area contributed by atoms with Gasteiger partial charge in [0.05, 0.1) is 0 Å². The summed E-state index contributed by atoms with van der Waals surface area (Å²) in [5.74, 6) is 2.48. The number of carbonyl (C=O) groups excluding carboxylic acids is 2. The minimum atomic E-state index is -1.13. The van der Waals surface area contributed by atoms with Crippen molar-refractivity contribution in [3.63, 3.8) is 0 Å². The molecule has 0 aliphatic heterocycles. The molecule has 0 aromatic heterocycles. The van der Waals surface area contributed by atoms with Gasteiger partial charge in [0.1, 0.15) is 6.10 Å². The van der Waals surface area contributed by atoms with Crippen molar-refractivity contribution in [2.75, 3.05) is 0 Å². The van der Waals surface area contributed by atoms with Gasteiger partial charge in [0.2, 0.25) is 0 Å². The van der Waals surface area contributed by atoms with Crippen molar-refractivity contribution in [2.45, 2.75) is 18.9 Å². The van der Waals surface area contributed by atoms with E-state index in [-0.39, 0.29) is 6.10 Å². The minimum absolute atomic E-state index is 0.104. The average molecular weight is 160 g/mol. The highest BCUT2D eigenvalue weighted by Gasteiger charge is 2.29. The number of esters is 1. The van der Waals surface area contributed by atoms with Crippen LogP contribution in [0.4, 0.5) is 0 Å². The van der Waals surface area contributed by atoms with E-state index in [9.17, 15) is 9.59 Å². The van der Waals surface area contributed by atoms with E-state index in [1.54, 1.807) is 5.59 Å². The van der Waals surface area contributed by atoms with Crippen LogP contribution in [0.15, 0.2) is 0 Å². The first kappa shape index (κ1) is 7.96. The summed E-state index contributed by atoms with van der Waals surface area (Å²) in [6, 6.07) is 0. The lowest BCUT2D eigenvalue weighted by Gasteiger charge is -2.00. The quantitative estimate of drug-likeness (QED) is 0.224. The first-order valence-electron chi connectivity index (χ1n) is 3.11. The highest BCUT2D eigenvalue weighted by atomic mass is 16.7. The molecule has 1 aliphatic carbocycles. The molecule has 1 fully saturated rings. The lowest BCUT2D eigenvalue weighted by Crippen LogP contribution is -2.31. The van der Waals surface area contributed by atoms with Crippen LogP contribution in [0, 0.1) is 0 Å². The number of hydrazine groups is 1. The normalized spacial score (nSPS) is 15.7. The van der Waals surface area contributed by atoms with Crippen molar-refractivity contribution in [1.29, 1.82) is 0 Å². The lowest BCUT2D eigenvalue weighted by atomic mass is 10.7. The molecule has 1 saturated carbocycles. The van der Waals surface area contributed by atoms with Crippen molar-refractivity contribution in [3.8, 4) is 0 Å². The average Bonchev–Trinajstić information content (AvgIpc) is 2.72. The maximum atomic E-state index is 10.6. The van der Waals surface area contributed by atoms with Gasteiger partial charge in [0.25, 0.3) is 0 Å². The summed E-state index contributed by atoms with van der Waals surface area (Å²) in [6.45, 7) is 0. The largest absolute Gasteiger partial charge is 0.454 e. The fraction of sp³-hybridized carbons (Fsp3) is 0.600. The Balaban J connectivity index is 2.21. The van der Waals surface area contributed by atoms with E-state index >= 15 is 0 Å². The minimum Gasteiger partial charge on any atom is -0.454 e. The van der Waals surface area contributed by atoms with Crippen LogP contribution >= 0.6 is 0 Å². The molecule has 11 heavy (non-hydrogen) atoms. The van der Waals surface area contributed by atoms with E-state index < -0.39 is 11.9 Å². The van der Waals surface area contributed by atoms with Gasteiger partial charge >= 0.3 is 11.9 Å². The molecule has 0 atom stereocenters. The van der Waals surface area contributed by atoms with E-state index in [0.29, 0.717) is 0 Å². The third kappa shape index (κ3) is 2.52. The van der Waals surface area contributed by atoms with Gasteiger partial charge < -0.3 is 9.57 Å². The number of hydrogen-bond acceptors (Lipinski definition) is 6. The SMILES string of the molecule is NNOC(=O)C(=O)OC1CC1. The maximum absolute atomic E-state index is 10.6. The molecule has 3 N–H and O–H groups in total. The summed E-state index contributed by atoms with van der Waals surface area (Å²) in [5.41, 5.74) is 1.59. The fourth-order valence-corrected chi connectivity index (χ4v) is 0.481. The van der Waals surface area contributed by atoms with E-state index in [0.717, 1.165) is 12.8 Å². The van der Waals surface area contributed by atoms with Gasteiger partial charge in [-0.3, -0.25) is 0 Å². The van der Waals surface area contributed by atoms with Crippen LogP contribution in [0.2, 0.25) is 0 Å². The van der Waals surface area contributed by atoms with Gasteiger partial charge in [0.15, 0.2) is 0 Å². The summed E-state index contributed by atoms with van der Waals surface area (Å²) < 4.78 is 4.57. The lowest BCUT2D eigenvalue weighted by molar-refractivity contribution is -0.173. The second-order valence-electron chi connectivity index (χ2n) is 2.11. The molecule has 0 saturated heterocycles. The number of nitrogens with two attached hydrogens (primary N) is 1. The highest BCUT2D eigenvalue weighted by molar-refractivity contribution is 6.29. The van der Waals surface area contributed by atoms with Crippen LogP contribution in [0.5, 0.6) is 0 Å². The van der Waals surface area contributed by atoms with E-state index in [2.05, 4.69) is 15.4 Å². The first-order chi connectivity index (χ1) is 5.24.